The summed E-state index contributed by atoms with van der Waals surface area (Å²) in [6.45, 7) is 4.32. The van der Waals surface area contributed by atoms with Gasteiger partial charge >= 0.3 is 0 Å². The third-order valence-corrected chi connectivity index (χ3v) is 2.70. The van der Waals surface area contributed by atoms with Gasteiger partial charge in [-0.1, -0.05) is 19.9 Å². The number of aromatic nitrogens is 2. The molecule has 1 aromatic carbocycles. The van der Waals surface area contributed by atoms with Crippen LogP contribution in [-0.4, -0.2) is 17.1 Å². The van der Waals surface area contributed by atoms with E-state index in [2.05, 4.69) is 35.9 Å². The van der Waals surface area contributed by atoms with Crippen LogP contribution in [-0.2, 0) is 0 Å². The van der Waals surface area contributed by atoms with Crippen LogP contribution < -0.4 is 4.74 Å². The molecule has 0 unspecified atom stereocenters. The molecule has 0 bridgehead atoms. The molecule has 3 heteroatoms. The molecule has 0 amide bonds. The Morgan fingerprint density at radius 3 is 2.41 bits per heavy atom. The quantitative estimate of drug-likeness (QED) is 0.808. The Labute approximate surface area is 102 Å². The van der Waals surface area contributed by atoms with E-state index in [1.807, 2.05) is 6.07 Å². The summed E-state index contributed by atoms with van der Waals surface area (Å²) in [7, 11) is 1.67. The van der Waals surface area contributed by atoms with Gasteiger partial charge < -0.3 is 4.74 Å². The van der Waals surface area contributed by atoms with Crippen molar-refractivity contribution in [2.24, 2.45) is 0 Å². The zero-order valence-electron chi connectivity index (χ0n) is 10.3. The lowest BCUT2D eigenvalue weighted by atomic mass is 10.0. The first-order chi connectivity index (χ1) is 8.22. The van der Waals surface area contributed by atoms with E-state index in [0.717, 1.165) is 11.3 Å². The van der Waals surface area contributed by atoms with E-state index < -0.39 is 0 Å². The smallest absolute Gasteiger partial charge is 0.162 e. The summed E-state index contributed by atoms with van der Waals surface area (Å²) < 4.78 is 5.41. The molecule has 0 saturated heterocycles. The number of benzene rings is 1. The molecule has 0 aliphatic carbocycles. The first-order valence-electron chi connectivity index (χ1n) is 5.67. The summed E-state index contributed by atoms with van der Waals surface area (Å²) in [5, 5.41) is 0. The molecule has 0 radical (unpaired) electrons. The molecule has 0 spiro atoms. The Hall–Kier alpha value is -1.90. The molecule has 0 saturated carbocycles. The normalized spacial score (nSPS) is 10.6. The molecule has 0 aliphatic heterocycles. The number of ether oxygens (including phenoxy) is 1. The van der Waals surface area contributed by atoms with Gasteiger partial charge in [0.2, 0.25) is 0 Å². The second kappa shape index (κ2) is 4.95. The van der Waals surface area contributed by atoms with E-state index in [-0.39, 0.29) is 0 Å². The third-order valence-electron chi connectivity index (χ3n) is 2.70. The Kier molecular flexibility index (Phi) is 3.38. The fraction of sp³-hybridized carbons (Fsp3) is 0.286. The minimum atomic E-state index is 0.481. The topological polar surface area (TPSA) is 35.0 Å². The van der Waals surface area contributed by atoms with Crippen molar-refractivity contribution in [3.05, 3.63) is 42.2 Å². The van der Waals surface area contributed by atoms with Crippen LogP contribution in [0, 0.1) is 0 Å². The van der Waals surface area contributed by atoms with Crippen LogP contribution in [0.3, 0.4) is 0 Å². The molecular weight excluding hydrogens is 212 g/mol. The van der Waals surface area contributed by atoms with E-state index in [9.17, 15) is 0 Å². The van der Waals surface area contributed by atoms with Gasteiger partial charge in [0.15, 0.2) is 5.82 Å². The fourth-order valence-electron chi connectivity index (χ4n) is 1.69. The van der Waals surface area contributed by atoms with Crippen LogP contribution in [0.5, 0.6) is 5.75 Å². The monoisotopic (exact) mass is 228 g/mol. The van der Waals surface area contributed by atoms with Crippen molar-refractivity contribution in [2.45, 2.75) is 19.8 Å². The molecule has 2 rings (SSSR count). The van der Waals surface area contributed by atoms with Gasteiger partial charge in [-0.3, -0.25) is 0 Å². The Morgan fingerprint density at radius 1 is 1.12 bits per heavy atom. The van der Waals surface area contributed by atoms with Gasteiger partial charge in [-0.05, 0) is 29.7 Å². The van der Waals surface area contributed by atoms with E-state index in [1.54, 1.807) is 25.6 Å². The predicted molar refractivity (Wildman–Crippen MR) is 68.1 cm³/mol. The van der Waals surface area contributed by atoms with Gasteiger partial charge in [0, 0.05) is 12.4 Å². The summed E-state index contributed by atoms with van der Waals surface area (Å²) in [6, 6.07) is 7.97. The van der Waals surface area contributed by atoms with Gasteiger partial charge in [-0.15, -0.1) is 0 Å². The zero-order valence-corrected chi connectivity index (χ0v) is 10.3. The van der Waals surface area contributed by atoms with Crippen LogP contribution >= 0.6 is 0 Å². The highest BCUT2D eigenvalue weighted by Crippen LogP contribution is 2.30. The van der Waals surface area contributed by atoms with Crippen molar-refractivity contribution in [1.82, 2.24) is 9.97 Å². The van der Waals surface area contributed by atoms with Crippen molar-refractivity contribution >= 4 is 0 Å². The number of hydrogen-bond donors (Lipinski definition) is 0. The highest BCUT2D eigenvalue weighted by Gasteiger charge is 2.10. The lowest BCUT2D eigenvalue weighted by Gasteiger charge is -2.11. The first-order valence-corrected chi connectivity index (χ1v) is 5.67. The summed E-state index contributed by atoms with van der Waals surface area (Å²) >= 11 is 0. The fourth-order valence-corrected chi connectivity index (χ4v) is 1.69. The van der Waals surface area contributed by atoms with Crippen molar-refractivity contribution < 1.29 is 4.74 Å². The lowest BCUT2D eigenvalue weighted by Crippen LogP contribution is -1.95. The maximum atomic E-state index is 5.41. The third kappa shape index (κ3) is 2.44. The minimum Gasteiger partial charge on any atom is -0.496 e. The van der Waals surface area contributed by atoms with E-state index in [1.165, 1.54) is 5.56 Å². The van der Waals surface area contributed by atoms with Gasteiger partial charge in [0.25, 0.3) is 0 Å². The Bertz CT molecular complexity index is 495. The van der Waals surface area contributed by atoms with E-state index in [0.29, 0.717) is 11.7 Å². The SMILES string of the molecule is COc1cc(C(C)C)ccc1-c1ncccn1. The molecule has 1 aromatic heterocycles. The largest absolute Gasteiger partial charge is 0.496 e. The maximum Gasteiger partial charge on any atom is 0.162 e. The zero-order chi connectivity index (χ0) is 12.3. The second-order valence-corrected chi connectivity index (χ2v) is 4.19. The molecule has 3 nitrogen and oxygen atoms in total. The van der Waals surface area contributed by atoms with E-state index in [4.69, 9.17) is 4.74 Å². The minimum absolute atomic E-state index is 0.481. The highest BCUT2D eigenvalue weighted by atomic mass is 16.5. The molecular formula is C14H16N2O. The second-order valence-electron chi connectivity index (χ2n) is 4.19. The van der Waals surface area contributed by atoms with Crippen LogP contribution in [0.15, 0.2) is 36.7 Å². The average molecular weight is 228 g/mol. The predicted octanol–water partition coefficient (Wildman–Crippen LogP) is 3.28. The number of methoxy groups -OCH3 is 1. The van der Waals surface area contributed by atoms with Crippen molar-refractivity contribution in [1.29, 1.82) is 0 Å². The van der Waals surface area contributed by atoms with Crippen molar-refractivity contribution in [2.75, 3.05) is 7.11 Å². The van der Waals surface area contributed by atoms with Gasteiger partial charge in [0.1, 0.15) is 5.75 Å². The number of nitrogens with zero attached hydrogens (tertiary/aromatic N) is 2. The molecule has 0 aliphatic rings. The van der Waals surface area contributed by atoms with E-state index >= 15 is 0 Å². The molecule has 1 heterocycles. The molecule has 0 fully saturated rings. The lowest BCUT2D eigenvalue weighted by molar-refractivity contribution is 0.415. The molecule has 0 atom stereocenters. The standard InChI is InChI=1S/C14H16N2O/c1-10(2)11-5-6-12(13(9-11)17-3)14-15-7-4-8-16-14/h4-10H,1-3H3. The van der Waals surface area contributed by atoms with Crippen LogP contribution in [0.4, 0.5) is 0 Å². The molecule has 17 heavy (non-hydrogen) atoms. The summed E-state index contributed by atoms with van der Waals surface area (Å²) in [6.07, 6.45) is 3.47. The number of rotatable bonds is 3. The van der Waals surface area contributed by atoms with Crippen LogP contribution in [0.2, 0.25) is 0 Å². The van der Waals surface area contributed by atoms with Gasteiger partial charge in [0.05, 0.1) is 12.7 Å². The number of hydrogen-bond acceptors (Lipinski definition) is 3. The first kappa shape index (κ1) is 11.6. The summed E-state index contributed by atoms with van der Waals surface area (Å²) in [5.41, 5.74) is 2.18. The van der Waals surface area contributed by atoms with Gasteiger partial charge in [-0.2, -0.15) is 0 Å². The van der Waals surface area contributed by atoms with Crippen LogP contribution in [0.25, 0.3) is 11.4 Å². The maximum absolute atomic E-state index is 5.41. The molecule has 2 aromatic rings. The Morgan fingerprint density at radius 2 is 1.82 bits per heavy atom. The van der Waals surface area contributed by atoms with Crippen LogP contribution in [0.1, 0.15) is 25.3 Å². The molecule has 0 N–H and O–H groups in total. The average Bonchev–Trinajstić information content (AvgIpc) is 2.39. The van der Waals surface area contributed by atoms with Crippen molar-refractivity contribution in [3.8, 4) is 17.1 Å². The summed E-state index contributed by atoms with van der Waals surface area (Å²) in [4.78, 5) is 8.48. The van der Waals surface area contributed by atoms with Gasteiger partial charge in [-0.25, -0.2) is 9.97 Å². The highest BCUT2D eigenvalue weighted by molar-refractivity contribution is 5.64. The Balaban J connectivity index is 2.49. The van der Waals surface area contributed by atoms with Crippen molar-refractivity contribution in [3.63, 3.8) is 0 Å². The summed E-state index contributed by atoms with van der Waals surface area (Å²) in [5.74, 6) is 2.00. The molecule has 88 valence electrons.